The molecule has 0 atom stereocenters. The summed E-state index contributed by atoms with van der Waals surface area (Å²) in [5, 5.41) is 9.98. The van der Waals surface area contributed by atoms with Crippen LogP contribution in [-0.2, 0) is 0 Å². The standard InChI is InChI=1S/C60H45NO/c1-2-16-40(17-3-1)47-27-13-19-42-20-14-30-54(60(42)47)52-25-7-10-32-57(52)61(45-22-12-21-43(38-45)44-35-37-59-55(39-44)53-26-8-11-33-58(53)62-59)56-31-9-6-24-51(56)49-29-15-28-48-46-23-5-4-18-41(46)34-36-50(48)49/h4-15,18-40H,1-3,16-17H2. The first-order valence-corrected chi connectivity index (χ1v) is 22.2. The third kappa shape index (κ3) is 6.17. The van der Waals surface area contributed by atoms with Crippen LogP contribution in [0.25, 0.3) is 87.6 Å². The average molecular weight is 796 g/mol. The summed E-state index contributed by atoms with van der Waals surface area (Å²) in [5.74, 6) is 0.571. The molecule has 2 heteroatoms. The Morgan fingerprint density at radius 2 is 0.984 bits per heavy atom. The number of hydrogen-bond acceptors (Lipinski definition) is 2. The molecule has 2 nitrogen and oxygen atoms in total. The van der Waals surface area contributed by atoms with Crippen LogP contribution >= 0.6 is 0 Å². The minimum Gasteiger partial charge on any atom is -0.456 e. The van der Waals surface area contributed by atoms with Crippen LogP contribution in [0.2, 0.25) is 0 Å². The van der Waals surface area contributed by atoms with Crippen LogP contribution in [0.1, 0.15) is 43.6 Å². The minimum atomic E-state index is 0.571. The smallest absolute Gasteiger partial charge is 0.135 e. The number of rotatable bonds is 7. The first-order chi connectivity index (χ1) is 30.8. The van der Waals surface area contributed by atoms with E-state index in [1.165, 1.54) is 92.2 Å². The maximum absolute atomic E-state index is 6.25. The van der Waals surface area contributed by atoms with Gasteiger partial charge in [-0.1, -0.05) is 183 Å². The van der Waals surface area contributed by atoms with E-state index >= 15 is 0 Å². The summed E-state index contributed by atoms with van der Waals surface area (Å²) in [6.07, 6.45) is 6.44. The van der Waals surface area contributed by atoms with Gasteiger partial charge in [0.1, 0.15) is 11.2 Å². The molecule has 1 fully saturated rings. The lowest BCUT2D eigenvalue weighted by Crippen LogP contribution is -2.13. The van der Waals surface area contributed by atoms with Crippen molar-refractivity contribution in [2.75, 3.05) is 4.90 Å². The van der Waals surface area contributed by atoms with Gasteiger partial charge in [-0.25, -0.2) is 0 Å². The van der Waals surface area contributed by atoms with Crippen molar-refractivity contribution in [1.82, 2.24) is 0 Å². The lowest BCUT2D eigenvalue weighted by atomic mass is 9.80. The van der Waals surface area contributed by atoms with Gasteiger partial charge in [-0.2, -0.15) is 0 Å². The van der Waals surface area contributed by atoms with E-state index in [0.29, 0.717) is 5.92 Å². The van der Waals surface area contributed by atoms with E-state index in [2.05, 4.69) is 205 Å². The normalized spacial score (nSPS) is 13.4. The first kappa shape index (κ1) is 36.4. The zero-order chi connectivity index (χ0) is 41.0. The second-order valence-corrected chi connectivity index (χ2v) is 17.0. The molecule has 0 saturated heterocycles. The van der Waals surface area contributed by atoms with Gasteiger partial charge in [0.25, 0.3) is 0 Å². The molecule has 11 aromatic rings. The van der Waals surface area contributed by atoms with E-state index < -0.39 is 0 Å². The van der Waals surface area contributed by atoms with Gasteiger partial charge < -0.3 is 9.32 Å². The van der Waals surface area contributed by atoms with Gasteiger partial charge in [0.05, 0.1) is 11.4 Å². The second-order valence-electron chi connectivity index (χ2n) is 17.0. The fraction of sp³-hybridized carbons (Fsp3) is 0.100. The van der Waals surface area contributed by atoms with E-state index in [9.17, 15) is 0 Å². The predicted octanol–water partition coefficient (Wildman–Crippen LogP) is 17.6. The molecule has 62 heavy (non-hydrogen) atoms. The van der Waals surface area contributed by atoms with Gasteiger partial charge in [0.2, 0.25) is 0 Å². The molecule has 296 valence electrons. The summed E-state index contributed by atoms with van der Waals surface area (Å²) >= 11 is 0. The molecule has 0 radical (unpaired) electrons. The Labute approximate surface area is 362 Å². The van der Waals surface area contributed by atoms with Crippen molar-refractivity contribution in [1.29, 1.82) is 0 Å². The molecule has 12 rings (SSSR count). The Bertz CT molecular complexity index is 3470. The van der Waals surface area contributed by atoms with Crippen LogP contribution in [0.15, 0.2) is 211 Å². The average Bonchev–Trinajstić information content (AvgIpc) is 3.72. The predicted molar refractivity (Wildman–Crippen MR) is 263 cm³/mol. The SMILES string of the molecule is c1cc(-c2ccc3oc4ccccc4c3c2)cc(N(c2ccccc2-c2cccc3c2ccc2ccccc23)c2ccccc2-c2cccc3cccc(C4CCCCC4)c23)c1. The maximum atomic E-state index is 6.25. The fourth-order valence-electron chi connectivity index (χ4n) is 10.6. The Morgan fingerprint density at radius 3 is 1.84 bits per heavy atom. The molecule has 1 aliphatic carbocycles. The molecule has 0 amide bonds. The van der Waals surface area contributed by atoms with E-state index in [1.807, 2.05) is 6.07 Å². The van der Waals surface area contributed by atoms with Crippen LogP contribution in [0.5, 0.6) is 0 Å². The highest BCUT2D eigenvalue weighted by Crippen LogP contribution is 2.49. The molecule has 0 bridgehead atoms. The Balaban J connectivity index is 1.10. The number of furan rings is 1. The van der Waals surface area contributed by atoms with E-state index in [0.717, 1.165) is 50.1 Å². The molecule has 0 N–H and O–H groups in total. The number of benzene rings is 10. The number of para-hydroxylation sites is 3. The second kappa shape index (κ2) is 15.2. The highest BCUT2D eigenvalue weighted by Gasteiger charge is 2.25. The number of fused-ring (bicyclic) bond motifs is 7. The van der Waals surface area contributed by atoms with Gasteiger partial charge in [0, 0.05) is 27.6 Å². The number of hydrogen-bond donors (Lipinski definition) is 0. The van der Waals surface area contributed by atoms with Gasteiger partial charge in [-0.05, 0) is 121 Å². The quantitative estimate of drug-likeness (QED) is 0.149. The van der Waals surface area contributed by atoms with Gasteiger partial charge in [0.15, 0.2) is 0 Å². The molecule has 10 aromatic carbocycles. The van der Waals surface area contributed by atoms with Crippen molar-refractivity contribution >= 4 is 71.3 Å². The van der Waals surface area contributed by atoms with Gasteiger partial charge in [-0.3, -0.25) is 0 Å². The minimum absolute atomic E-state index is 0.571. The van der Waals surface area contributed by atoms with Crippen molar-refractivity contribution in [3.8, 4) is 33.4 Å². The summed E-state index contributed by atoms with van der Waals surface area (Å²) in [6, 6.07) is 76.0. The van der Waals surface area contributed by atoms with Gasteiger partial charge in [-0.15, -0.1) is 0 Å². The lowest BCUT2D eigenvalue weighted by molar-refractivity contribution is 0.445. The molecular weight excluding hydrogens is 751 g/mol. The molecule has 0 unspecified atom stereocenters. The van der Waals surface area contributed by atoms with Crippen molar-refractivity contribution in [3.63, 3.8) is 0 Å². The molecule has 1 aliphatic rings. The summed E-state index contributed by atoms with van der Waals surface area (Å²) in [5.41, 5.74) is 13.9. The zero-order valence-electron chi connectivity index (χ0n) is 34.6. The van der Waals surface area contributed by atoms with E-state index in [-0.39, 0.29) is 0 Å². The third-order valence-corrected chi connectivity index (χ3v) is 13.5. The Morgan fingerprint density at radius 1 is 0.371 bits per heavy atom. The molecule has 1 aromatic heterocycles. The van der Waals surface area contributed by atoms with E-state index in [4.69, 9.17) is 4.42 Å². The summed E-state index contributed by atoms with van der Waals surface area (Å²) in [4.78, 5) is 2.52. The molecule has 0 spiro atoms. The highest BCUT2D eigenvalue weighted by molar-refractivity contribution is 6.14. The summed E-state index contributed by atoms with van der Waals surface area (Å²) < 4.78 is 6.25. The molecule has 1 heterocycles. The summed E-state index contributed by atoms with van der Waals surface area (Å²) in [7, 11) is 0. The van der Waals surface area contributed by atoms with Crippen LogP contribution in [-0.4, -0.2) is 0 Å². The van der Waals surface area contributed by atoms with Crippen molar-refractivity contribution in [2.24, 2.45) is 0 Å². The monoisotopic (exact) mass is 795 g/mol. The number of anilines is 3. The largest absolute Gasteiger partial charge is 0.456 e. The van der Waals surface area contributed by atoms with Crippen LogP contribution in [0.4, 0.5) is 17.1 Å². The van der Waals surface area contributed by atoms with Crippen LogP contribution in [0.3, 0.4) is 0 Å². The topological polar surface area (TPSA) is 16.4 Å². The Hall–Kier alpha value is -7.42. The van der Waals surface area contributed by atoms with Crippen molar-refractivity contribution < 1.29 is 4.42 Å². The molecule has 1 saturated carbocycles. The lowest BCUT2D eigenvalue weighted by Gasteiger charge is -2.31. The third-order valence-electron chi connectivity index (χ3n) is 13.5. The van der Waals surface area contributed by atoms with E-state index in [1.54, 1.807) is 0 Å². The maximum Gasteiger partial charge on any atom is 0.135 e. The van der Waals surface area contributed by atoms with Gasteiger partial charge >= 0.3 is 0 Å². The van der Waals surface area contributed by atoms with Crippen molar-refractivity contribution in [3.05, 3.63) is 212 Å². The molecular formula is C60H45NO. The highest BCUT2D eigenvalue weighted by atomic mass is 16.3. The van der Waals surface area contributed by atoms with Crippen LogP contribution < -0.4 is 4.90 Å². The zero-order valence-corrected chi connectivity index (χ0v) is 34.6. The Kier molecular flexibility index (Phi) is 8.96. The first-order valence-electron chi connectivity index (χ1n) is 22.2. The molecule has 0 aliphatic heterocycles. The number of nitrogens with zero attached hydrogens (tertiary/aromatic N) is 1. The summed E-state index contributed by atoms with van der Waals surface area (Å²) in [6.45, 7) is 0. The van der Waals surface area contributed by atoms with Crippen molar-refractivity contribution in [2.45, 2.75) is 38.0 Å². The van der Waals surface area contributed by atoms with Crippen LogP contribution in [0, 0.1) is 0 Å². The fourth-order valence-corrected chi connectivity index (χ4v) is 10.6.